The first-order chi connectivity index (χ1) is 11.7. The van der Waals surface area contributed by atoms with Gasteiger partial charge in [0.1, 0.15) is 5.82 Å². The van der Waals surface area contributed by atoms with Crippen molar-refractivity contribution in [1.29, 1.82) is 0 Å². The van der Waals surface area contributed by atoms with Crippen molar-refractivity contribution in [3.05, 3.63) is 23.9 Å². The predicted octanol–water partition coefficient (Wildman–Crippen LogP) is 2.49. The normalized spacial score (nSPS) is 22.2. The zero-order valence-electron chi connectivity index (χ0n) is 14.9. The van der Waals surface area contributed by atoms with Gasteiger partial charge in [-0.1, -0.05) is 6.07 Å². The Morgan fingerprint density at radius 2 is 2.04 bits per heavy atom. The van der Waals surface area contributed by atoms with E-state index in [1.807, 2.05) is 13.1 Å². The first kappa shape index (κ1) is 17.2. The fraction of sp³-hybridized carbons (Fsp3) is 0.684. The van der Waals surface area contributed by atoms with E-state index in [9.17, 15) is 4.79 Å². The number of ether oxygens (including phenoxy) is 1. The number of aryl methyl sites for hydroxylation is 1. The van der Waals surface area contributed by atoms with Gasteiger partial charge in [-0.15, -0.1) is 0 Å². The van der Waals surface area contributed by atoms with Gasteiger partial charge < -0.3 is 14.5 Å². The van der Waals surface area contributed by atoms with Crippen LogP contribution in [0.3, 0.4) is 0 Å². The molecule has 2 saturated heterocycles. The molecular formula is C19H29N3O2. The summed E-state index contributed by atoms with van der Waals surface area (Å²) in [7, 11) is 0. The van der Waals surface area contributed by atoms with Gasteiger partial charge in [0.25, 0.3) is 0 Å². The van der Waals surface area contributed by atoms with Gasteiger partial charge in [0, 0.05) is 50.8 Å². The molecule has 0 bridgehead atoms. The maximum Gasteiger partial charge on any atom is 0.225 e. The summed E-state index contributed by atoms with van der Waals surface area (Å²) in [6.45, 7) is 9.24. The Labute approximate surface area is 145 Å². The highest BCUT2D eigenvalue weighted by Crippen LogP contribution is 2.26. The predicted molar refractivity (Wildman–Crippen MR) is 95.1 cm³/mol. The van der Waals surface area contributed by atoms with Gasteiger partial charge >= 0.3 is 0 Å². The molecule has 1 unspecified atom stereocenters. The van der Waals surface area contributed by atoms with Gasteiger partial charge in [0.05, 0.1) is 6.61 Å². The number of pyridine rings is 1. The van der Waals surface area contributed by atoms with Crippen molar-refractivity contribution in [2.45, 2.75) is 33.1 Å². The number of carbonyl (C=O) groups is 1. The fourth-order valence-electron chi connectivity index (χ4n) is 3.71. The molecule has 1 aromatic heterocycles. The Bertz CT molecular complexity index is 538. The third kappa shape index (κ3) is 4.07. The van der Waals surface area contributed by atoms with Crippen molar-refractivity contribution in [1.82, 2.24) is 9.88 Å². The van der Waals surface area contributed by atoms with E-state index in [0.717, 1.165) is 64.5 Å². The molecule has 0 aliphatic carbocycles. The minimum Gasteiger partial charge on any atom is -0.381 e. The molecule has 2 aliphatic heterocycles. The highest BCUT2D eigenvalue weighted by molar-refractivity contribution is 5.79. The van der Waals surface area contributed by atoms with Gasteiger partial charge in [0.2, 0.25) is 5.91 Å². The van der Waals surface area contributed by atoms with Gasteiger partial charge in [0.15, 0.2) is 0 Å². The number of likely N-dealkylation sites (tertiary alicyclic amines) is 1. The first-order valence-electron chi connectivity index (χ1n) is 9.21. The van der Waals surface area contributed by atoms with E-state index < -0.39 is 0 Å². The average Bonchev–Trinajstić information content (AvgIpc) is 3.09. The van der Waals surface area contributed by atoms with Crippen molar-refractivity contribution in [3.63, 3.8) is 0 Å². The molecule has 3 rings (SSSR count). The second kappa shape index (κ2) is 7.97. The summed E-state index contributed by atoms with van der Waals surface area (Å²) in [6, 6.07) is 4.18. The lowest BCUT2D eigenvalue weighted by Gasteiger charge is -2.34. The van der Waals surface area contributed by atoms with Crippen molar-refractivity contribution in [3.8, 4) is 0 Å². The number of rotatable bonds is 5. The van der Waals surface area contributed by atoms with Gasteiger partial charge in [-0.3, -0.25) is 4.79 Å². The molecule has 1 aromatic rings. The number of aromatic nitrogens is 1. The molecule has 5 heteroatoms. The van der Waals surface area contributed by atoms with Crippen molar-refractivity contribution in [2.24, 2.45) is 11.8 Å². The molecule has 2 aliphatic rings. The van der Waals surface area contributed by atoms with Crippen LogP contribution < -0.4 is 4.90 Å². The van der Waals surface area contributed by atoms with E-state index in [-0.39, 0.29) is 5.92 Å². The number of hydrogen-bond acceptors (Lipinski definition) is 4. The monoisotopic (exact) mass is 331 g/mol. The van der Waals surface area contributed by atoms with E-state index in [0.29, 0.717) is 11.8 Å². The molecule has 24 heavy (non-hydrogen) atoms. The highest BCUT2D eigenvalue weighted by Gasteiger charge is 2.33. The van der Waals surface area contributed by atoms with Gasteiger partial charge in [-0.05, 0) is 44.7 Å². The molecule has 0 N–H and O–H groups in total. The smallest absolute Gasteiger partial charge is 0.225 e. The summed E-state index contributed by atoms with van der Waals surface area (Å²) >= 11 is 0. The molecule has 5 nitrogen and oxygen atoms in total. The quantitative estimate of drug-likeness (QED) is 0.832. The highest BCUT2D eigenvalue weighted by atomic mass is 16.5. The minimum atomic E-state index is 0.178. The lowest BCUT2D eigenvalue weighted by molar-refractivity contribution is -0.135. The summed E-state index contributed by atoms with van der Waals surface area (Å²) in [5.41, 5.74) is 1.18. The van der Waals surface area contributed by atoms with Crippen molar-refractivity contribution >= 4 is 11.7 Å². The van der Waals surface area contributed by atoms with Crippen molar-refractivity contribution in [2.75, 3.05) is 44.3 Å². The standard InChI is InChI=1S/C19H29N3O2/c1-3-24-14-16-6-9-22(13-16)19(23)17-7-10-21(11-8-17)18-5-4-15(2)12-20-18/h4-5,12,16-17H,3,6-11,13-14H2,1-2H3. The number of carbonyl (C=O) groups excluding carboxylic acids is 1. The summed E-state index contributed by atoms with van der Waals surface area (Å²) in [5.74, 6) is 2.08. The van der Waals surface area contributed by atoms with Gasteiger partial charge in [-0.2, -0.15) is 0 Å². The second-order valence-electron chi connectivity index (χ2n) is 7.05. The number of anilines is 1. The molecule has 0 saturated carbocycles. The number of piperidine rings is 1. The molecular weight excluding hydrogens is 302 g/mol. The van der Waals surface area contributed by atoms with Crippen LogP contribution in [0.5, 0.6) is 0 Å². The second-order valence-corrected chi connectivity index (χ2v) is 7.05. The summed E-state index contributed by atoms with van der Waals surface area (Å²) in [4.78, 5) is 21.6. The summed E-state index contributed by atoms with van der Waals surface area (Å²) in [6.07, 6.45) is 4.86. The lowest BCUT2D eigenvalue weighted by Crippen LogP contribution is -2.42. The Kier molecular flexibility index (Phi) is 5.72. The molecule has 0 spiro atoms. The third-order valence-electron chi connectivity index (χ3n) is 5.22. The molecule has 2 fully saturated rings. The Hall–Kier alpha value is -1.62. The molecule has 1 amide bonds. The van der Waals surface area contributed by atoms with Crippen LogP contribution in [0, 0.1) is 18.8 Å². The van der Waals surface area contributed by atoms with Crippen LogP contribution in [0.1, 0.15) is 31.7 Å². The Morgan fingerprint density at radius 1 is 1.25 bits per heavy atom. The van der Waals surface area contributed by atoms with Crippen LogP contribution in [-0.4, -0.2) is 55.2 Å². The minimum absolute atomic E-state index is 0.178. The Balaban J connectivity index is 1.48. The van der Waals surface area contributed by atoms with Crippen LogP contribution in [0.2, 0.25) is 0 Å². The maximum atomic E-state index is 12.8. The SMILES string of the molecule is CCOCC1CCN(C(=O)C2CCN(c3ccc(C)cn3)CC2)C1. The number of hydrogen-bond donors (Lipinski definition) is 0. The van der Waals surface area contributed by atoms with Crippen LogP contribution in [0.25, 0.3) is 0 Å². The van der Waals surface area contributed by atoms with Crippen LogP contribution in [-0.2, 0) is 9.53 Å². The number of nitrogens with zero attached hydrogens (tertiary/aromatic N) is 3. The van der Waals surface area contributed by atoms with E-state index in [4.69, 9.17) is 4.74 Å². The largest absolute Gasteiger partial charge is 0.381 e. The average molecular weight is 331 g/mol. The zero-order valence-corrected chi connectivity index (χ0v) is 14.9. The van der Waals surface area contributed by atoms with Crippen LogP contribution in [0.4, 0.5) is 5.82 Å². The summed E-state index contributed by atoms with van der Waals surface area (Å²) in [5, 5.41) is 0. The van der Waals surface area contributed by atoms with E-state index in [1.165, 1.54) is 5.56 Å². The van der Waals surface area contributed by atoms with Crippen LogP contribution in [0.15, 0.2) is 18.3 Å². The molecule has 0 radical (unpaired) electrons. The fourth-order valence-corrected chi connectivity index (χ4v) is 3.71. The van der Waals surface area contributed by atoms with Gasteiger partial charge in [-0.25, -0.2) is 4.98 Å². The Morgan fingerprint density at radius 3 is 2.71 bits per heavy atom. The zero-order chi connectivity index (χ0) is 16.9. The van der Waals surface area contributed by atoms with E-state index in [1.54, 1.807) is 0 Å². The first-order valence-corrected chi connectivity index (χ1v) is 9.21. The molecule has 132 valence electrons. The lowest BCUT2D eigenvalue weighted by atomic mass is 9.95. The number of amides is 1. The van der Waals surface area contributed by atoms with E-state index >= 15 is 0 Å². The molecule has 0 aromatic carbocycles. The third-order valence-corrected chi connectivity index (χ3v) is 5.22. The van der Waals surface area contributed by atoms with E-state index in [2.05, 4.69) is 33.8 Å². The van der Waals surface area contributed by atoms with Crippen LogP contribution >= 0.6 is 0 Å². The van der Waals surface area contributed by atoms with Crippen molar-refractivity contribution < 1.29 is 9.53 Å². The summed E-state index contributed by atoms with van der Waals surface area (Å²) < 4.78 is 5.51. The molecule has 3 heterocycles. The molecule has 1 atom stereocenters. The topological polar surface area (TPSA) is 45.7 Å². The maximum absolute atomic E-state index is 12.8.